The number of carbonyl (C=O) groups excluding carboxylic acids is 1. The second kappa shape index (κ2) is 7.77. The Bertz CT molecular complexity index is 994. The first-order valence-electron chi connectivity index (χ1n) is 9.19. The van der Waals surface area contributed by atoms with Gasteiger partial charge in [-0.15, -0.1) is 0 Å². The molecule has 0 spiro atoms. The van der Waals surface area contributed by atoms with Gasteiger partial charge in [-0.1, -0.05) is 12.1 Å². The van der Waals surface area contributed by atoms with Crippen LogP contribution in [0.1, 0.15) is 21.7 Å². The van der Waals surface area contributed by atoms with E-state index in [9.17, 15) is 4.79 Å². The Kier molecular flexibility index (Phi) is 5.03. The highest BCUT2D eigenvalue weighted by Crippen LogP contribution is 2.24. The maximum atomic E-state index is 12.8. The van der Waals surface area contributed by atoms with Gasteiger partial charge in [0.25, 0.3) is 5.91 Å². The molecule has 4 rings (SSSR count). The number of rotatable bonds is 4. The Morgan fingerprint density at radius 1 is 1.18 bits per heavy atom. The SMILES string of the molecule is Cc1nc(-c2ccc(C)c(NC(=O)c3cncc(N4CCOCC4)c3)c2)n[nH]1. The molecule has 1 saturated heterocycles. The van der Waals surface area contributed by atoms with E-state index < -0.39 is 0 Å². The van der Waals surface area contributed by atoms with Crippen LogP contribution in [0.2, 0.25) is 0 Å². The summed E-state index contributed by atoms with van der Waals surface area (Å²) in [6.07, 6.45) is 3.36. The molecule has 3 aromatic rings. The molecule has 1 amide bonds. The molecule has 28 heavy (non-hydrogen) atoms. The molecular weight excluding hydrogens is 356 g/mol. The summed E-state index contributed by atoms with van der Waals surface area (Å²) in [5.74, 6) is 1.14. The van der Waals surface area contributed by atoms with Gasteiger partial charge in [0.15, 0.2) is 5.82 Å². The fourth-order valence-electron chi connectivity index (χ4n) is 3.11. The summed E-state index contributed by atoms with van der Waals surface area (Å²) in [4.78, 5) is 23.6. The molecule has 2 aromatic heterocycles. The number of aryl methyl sites for hydroxylation is 2. The Morgan fingerprint density at radius 2 is 2.00 bits per heavy atom. The van der Waals surface area contributed by atoms with Crippen LogP contribution in [0.5, 0.6) is 0 Å². The first-order chi connectivity index (χ1) is 13.6. The van der Waals surface area contributed by atoms with E-state index in [0.717, 1.165) is 41.4 Å². The number of ether oxygens (including phenoxy) is 1. The monoisotopic (exact) mass is 378 g/mol. The quantitative estimate of drug-likeness (QED) is 0.724. The van der Waals surface area contributed by atoms with Gasteiger partial charge in [0, 0.05) is 30.5 Å². The number of nitrogens with one attached hydrogen (secondary N) is 2. The highest BCUT2D eigenvalue weighted by molar-refractivity contribution is 6.05. The highest BCUT2D eigenvalue weighted by Gasteiger charge is 2.15. The van der Waals surface area contributed by atoms with Crippen molar-refractivity contribution in [1.29, 1.82) is 0 Å². The van der Waals surface area contributed by atoms with Gasteiger partial charge in [-0.25, -0.2) is 4.98 Å². The number of aromatic nitrogens is 4. The number of H-pyrrole nitrogens is 1. The van der Waals surface area contributed by atoms with Gasteiger partial charge in [0.1, 0.15) is 5.82 Å². The van der Waals surface area contributed by atoms with Gasteiger partial charge in [-0.3, -0.25) is 14.9 Å². The predicted molar refractivity (Wildman–Crippen MR) is 107 cm³/mol. The minimum absolute atomic E-state index is 0.200. The number of morpholine rings is 1. The van der Waals surface area contributed by atoms with Crippen LogP contribution in [0.3, 0.4) is 0 Å². The molecule has 0 unspecified atom stereocenters. The highest BCUT2D eigenvalue weighted by atomic mass is 16.5. The number of carbonyl (C=O) groups is 1. The summed E-state index contributed by atoms with van der Waals surface area (Å²) in [5, 5.41) is 10.0. The smallest absolute Gasteiger partial charge is 0.257 e. The van der Waals surface area contributed by atoms with Crippen molar-refractivity contribution in [2.75, 3.05) is 36.5 Å². The molecule has 3 heterocycles. The summed E-state index contributed by atoms with van der Waals surface area (Å²) >= 11 is 0. The van der Waals surface area contributed by atoms with Crippen molar-refractivity contribution >= 4 is 17.3 Å². The standard InChI is InChI=1S/C20H22N6O2/c1-13-3-4-15(19-22-14(2)24-25-19)10-18(13)23-20(27)16-9-17(12-21-11-16)26-5-7-28-8-6-26/h3-4,9-12H,5-8H2,1-2H3,(H,23,27)(H,22,24,25). The molecule has 8 heteroatoms. The second-order valence-electron chi connectivity index (χ2n) is 6.76. The minimum Gasteiger partial charge on any atom is -0.378 e. The lowest BCUT2D eigenvalue weighted by Crippen LogP contribution is -2.36. The van der Waals surface area contributed by atoms with Gasteiger partial charge in [-0.2, -0.15) is 5.10 Å². The van der Waals surface area contributed by atoms with Gasteiger partial charge < -0.3 is 15.0 Å². The molecule has 2 N–H and O–H groups in total. The summed E-state index contributed by atoms with van der Waals surface area (Å²) in [5.41, 5.74) is 3.97. The number of hydrogen-bond acceptors (Lipinski definition) is 6. The van der Waals surface area contributed by atoms with Crippen molar-refractivity contribution in [3.8, 4) is 11.4 Å². The molecule has 0 bridgehead atoms. The Hall–Kier alpha value is -3.26. The molecule has 0 aliphatic carbocycles. The van der Waals surface area contributed by atoms with Crippen LogP contribution < -0.4 is 10.2 Å². The number of hydrogen-bond donors (Lipinski definition) is 2. The van der Waals surface area contributed by atoms with E-state index in [0.29, 0.717) is 24.6 Å². The van der Waals surface area contributed by atoms with E-state index in [-0.39, 0.29) is 5.91 Å². The van der Waals surface area contributed by atoms with Crippen molar-refractivity contribution < 1.29 is 9.53 Å². The molecule has 0 radical (unpaired) electrons. The summed E-state index contributed by atoms with van der Waals surface area (Å²) < 4.78 is 5.39. The number of aromatic amines is 1. The van der Waals surface area contributed by atoms with Crippen LogP contribution in [0.25, 0.3) is 11.4 Å². The van der Waals surface area contributed by atoms with E-state index in [1.54, 1.807) is 12.4 Å². The molecule has 1 fully saturated rings. The van der Waals surface area contributed by atoms with E-state index in [2.05, 4.69) is 30.4 Å². The maximum Gasteiger partial charge on any atom is 0.257 e. The van der Waals surface area contributed by atoms with Crippen LogP contribution in [0.15, 0.2) is 36.7 Å². The van der Waals surface area contributed by atoms with Crippen LogP contribution in [-0.4, -0.2) is 52.4 Å². The molecule has 8 nitrogen and oxygen atoms in total. The lowest BCUT2D eigenvalue weighted by atomic mass is 10.1. The summed E-state index contributed by atoms with van der Waals surface area (Å²) in [6, 6.07) is 7.63. The van der Waals surface area contributed by atoms with Gasteiger partial charge >= 0.3 is 0 Å². The maximum absolute atomic E-state index is 12.8. The van der Waals surface area contributed by atoms with Crippen LogP contribution >= 0.6 is 0 Å². The Morgan fingerprint density at radius 3 is 2.75 bits per heavy atom. The largest absolute Gasteiger partial charge is 0.378 e. The number of anilines is 2. The number of amides is 1. The van der Waals surface area contributed by atoms with Gasteiger partial charge in [0.05, 0.1) is 30.7 Å². The molecule has 1 aromatic carbocycles. The topological polar surface area (TPSA) is 96.0 Å². The van der Waals surface area contributed by atoms with Crippen LogP contribution in [-0.2, 0) is 4.74 Å². The second-order valence-corrected chi connectivity index (χ2v) is 6.76. The lowest BCUT2D eigenvalue weighted by Gasteiger charge is -2.28. The zero-order valence-electron chi connectivity index (χ0n) is 15.9. The predicted octanol–water partition coefficient (Wildman–Crippen LogP) is 2.57. The number of nitrogens with zero attached hydrogens (tertiary/aromatic N) is 4. The average molecular weight is 378 g/mol. The lowest BCUT2D eigenvalue weighted by molar-refractivity contribution is 0.102. The fourth-order valence-corrected chi connectivity index (χ4v) is 3.11. The third-order valence-electron chi connectivity index (χ3n) is 4.70. The van der Waals surface area contributed by atoms with E-state index in [1.165, 1.54) is 0 Å². The van der Waals surface area contributed by atoms with Crippen molar-refractivity contribution in [2.24, 2.45) is 0 Å². The molecule has 0 saturated carbocycles. The van der Waals surface area contributed by atoms with Crippen molar-refractivity contribution in [1.82, 2.24) is 20.2 Å². The molecular formula is C20H22N6O2. The summed E-state index contributed by atoms with van der Waals surface area (Å²) in [6.45, 7) is 6.76. The zero-order chi connectivity index (χ0) is 19.5. The molecule has 0 atom stereocenters. The molecule has 1 aliphatic rings. The van der Waals surface area contributed by atoms with E-state index in [1.807, 2.05) is 38.1 Å². The normalized spacial score (nSPS) is 14.1. The summed E-state index contributed by atoms with van der Waals surface area (Å²) in [7, 11) is 0. The fraction of sp³-hybridized carbons (Fsp3) is 0.300. The van der Waals surface area contributed by atoms with Crippen molar-refractivity contribution in [3.63, 3.8) is 0 Å². The third-order valence-corrected chi connectivity index (χ3v) is 4.70. The number of benzene rings is 1. The molecule has 1 aliphatic heterocycles. The van der Waals surface area contributed by atoms with E-state index in [4.69, 9.17) is 4.74 Å². The Balaban J connectivity index is 1.55. The van der Waals surface area contributed by atoms with Gasteiger partial charge in [0.2, 0.25) is 0 Å². The van der Waals surface area contributed by atoms with Crippen molar-refractivity contribution in [2.45, 2.75) is 13.8 Å². The first kappa shape index (κ1) is 18.1. The van der Waals surface area contributed by atoms with Crippen molar-refractivity contribution in [3.05, 3.63) is 53.6 Å². The molecule has 144 valence electrons. The third kappa shape index (κ3) is 3.86. The van der Waals surface area contributed by atoms with Gasteiger partial charge in [-0.05, 0) is 31.5 Å². The number of pyridine rings is 1. The Labute approximate surface area is 163 Å². The van der Waals surface area contributed by atoms with Crippen LogP contribution in [0, 0.1) is 13.8 Å². The van der Waals surface area contributed by atoms with Crippen LogP contribution in [0.4, 0.5) is 11.4 Å². The van der Waals surface area contributed by atoms with E-state index >= 15 is 0 Å². The average Bonchev–Trinajstić information content (AvgIpc) is 3.16. The first-order valence-corrected chi connectivity index (χ1v) is 9.19. The zero-order valence-corrected chi connectivity index (χ0v) is 15.9. The minimum atomic E-state index is -0.200.